The van der Waals surface area contributed by atoms with Gasteiger partial charge in [0.25, 0.3) is 5.91 Å². The van der Waals surface area contributed by atoms with Crippen molar-refractivity contribution in [2.75, 3.05) is 0 Å². The zero-order chi connectivity index (χ0) is 33.0. The molecule has 0 saturated carbocycles. The second-order valence-corrected chi connectivity index (χ2v) is 10.7. The molecular weight excluding hydrogens is 580 g/mol. The Kier molecular flexibility index (Phi) is 11.9. The molecule has 0 unspecified atom stereocenters. The number of pyridine rings is 1. The van der Waals surface area contributed by atoms with Crippen LogP contribution in [0.3, 0.4) is 0 Å². The van der Waals surface area contributed by atoms with E-state index < -0.39 is 35.6 Å². The molecule has 45 heavy (non-hydrogen) atoms. The minimum atomic E-state index is -1.29. The van der Waals surface area contributed by atoms with E-state index in [1.807, 2.05) is 29.7 Å². The number of carbonyl (C=O) groups excluding carboxylic acids is 5. The molecule has 4 rings (SSSR count). The Hall–Kier alpha value is -5.56. The number of fused-ring (bicyclic) bond motifs is 1. The van der Waals surface area contributed by atoms with Crippen molar-refractivity contribution in [3.05, 3.63) is 96.4 Å². The maximum absolute atomic E-state index is 13.6. The first-order valence-corrected chi connectivity index (χ1v) is 13.9. The van der Waals surface area contributed by atoms with E-state index >= 15 is 0 Å². The first-order chi connectivity index (χ1) is 21.4. The predicted octanol–water partition coefficient (Wildman–Crippen LogP) is 3.79. The number of ether oxygens (including phenoxy) is 2. The van der Waals surface area contributed by atoms with Crippen molar-refractivity contribution in [1.82, 2.24) is 25.6 Å². The van der Waals surface area contributed by atoms with E-state index in [0.29, 0.717) is 21.8 Å². The van der Waals surface area contributed by atoms with Gasteiger partial charge < -0.3 is 19.8 Å². The molecule has 2 aromatic carbocycles. The normalized spacial score (nSPS) is 11.3. The van der Waals surface area contributed by atoms with Crippen molar-refractivity contribution >= 4 is 40.8 Å². The lowest BCUT2D eigenvalue weighted by Gasteiger charge is -2.28. The Balaban J connectivity index is 0.000000468. The van der Waals surface area contributed by atoms with Gasteiger partial charge in [0.05, 0.1) is 12.6 Å². The van der Waals surface area contributed by atoms with Gasteiger partial charge in [0.15, 0.2) is 0 Å². The van der Waals surface area contributed by atoms with E-state index in [1.54, 1.807) is 75.6 Å². The SMILES string of the molecule is CC(=O)Oc1cccnc1.CC(C)(C)OC(=O)N(C(=O)Cc1ccccc1)C(=O)[C@@H](Cc1c[nH]c2ccccc12)NC(=O)NN. The number of hydrazine groups is 1. The summed E-state index contributed by atoms with van der Waals surface area (Å²) in [6.45, 7) is 6.23. The van der Waals surface area contributed by atoms with E-state index in [2.05, 4.69) is 15.3 Å². The second-order valence-electron chi connectivity index (χ2n) is 10.7. The van der Waals surface area contributed by atoms with Crippen LogP contribution in [0, 0.1) is 0 Å². The number of benzene rings is 2. The number of para-hydroxylation sites is 1. The fourth-order valence-electron chi connectivity index (χ4n) is 4.12. The Morgan fingerprint density at radius 2 is 1.67 bits per heavy atom. The summed E-state index contributed by atoms with van der Waals surface area (Å²) >= 11 is 0. The number of nitrogens with zero attached hydrogens (tertiary/aromatic N) is 2. The standard InChI is InChI=1S/C25H29N5O5.C7H7NO2/c1-25(2,3)35-24(34)30(21(31)13-16-9-5-4-6-10-16)22(32)20(28-23(33)29-26)14-17-15-27-19-12-8-7-11-18(17)19;1-6(9)10-7-3-2-4-8-5-7/h4-12,15,20,27H,13-14,26H2,1-3H3,(H2,28,29,33);2-5H,1H3/t20-;/m1./s1. The molecule has 2 heterocycles. The van der Waals surface area contributed by atoms with Gasteiger partial charge in [0.2, 0.25) is 5.91 Å². The number of aromatic amines is 1. The van der Waals surface area contributed by atoms with Crippen LogP contribution >= 0.6 is 0 Å². The van der Waals surface area contributed by atoms with Crippen molar-refractivity contribution in [1.29, 1.82) is 0 Å². The summed E-state index contributed by atoms with van der Waals surface area (Å²) in [7, 11) is 0. The first kappa shape index (κ1) is 33.9. The average Bonchev–Trinajstić information content (AvgIpc) is 3.39. The molecule has 2 aromatic heterocycles. The molecule has 5 amide bonds. The van der Waals surface area contributed by atoms with Crippen LogP contribution in [0.1, 0.15) is 38.8 Å². The average molecular weight is 617 g/mol. The third-order valence-corrected chi connectivity index (χ3v) is 5.97. The quantitative estimate of drug-likeness (QED) is 0.104. The van der Waals surface area contributed by atoms with Gasteiger partial charge in [-0.25, -0.2) is 15.4 Å². The minimum Gasteiger partial charge on any atom is -0.443 e. The predicted molar refractivity (Wildman–Crippen MR) is 165 cm³/mol. The highest BCUT2D eigenvalue weighted by atomic mass is 16.6. The van der Waals surface area contributed by atoms with Crippen LogP contribution < -0.4 is 21.3 Å². The number of nitrogens with one attached hydrogen (secondary N) is 3. The van der Waals surface area contributed by atoms with Gasteiger partial charge in [-0.1, -0.05) is 48.5 Å². The van der Waals surface area contributed by atoms with Gasteiger partial charge in [-0.2, -0.15) is 4.90 Å². The smallest absolute Gasteiger partial charge is 0.424 e. The van der Waals surface area contributed by atoms with Crippen LogP contribution in [0.4, 0.5) is 9.59 Å². The number of aromatic nitrogens is 2. The van der Waals surface area contributed by atoms with E-state index in [9.17, 15) is 24.0 Å². The first-order valence-electron chi connectivity index (χ1n) is 13.9. The molecule has 1 atom stereocenters. The number of hydrogen-bond acceptors (Lipinski definition) is 9. The monoisotopic (exact) mass is 616 g/mol. The Bertz CT molecular complexity index is 1620. The van der Waals surface area contributed by atoms with E-state index in [4.69, 9.17) is 15.3 Å². The van der Waals surface area contributed by atoms with Gasteiger partial charge in [0.1, 0.15) is 17.4 Å². The molecule has 0 fully saturated rings. The van der Waals surface area contributed by atoms with E-state index in [1.165, 1.54) is 13.1 Å². The van der Waals surface area contributed by atoms with Gasteiger partial charge >= 0.3 is 18.1 Å². The van der Waals surface area contributed by atoms with Crippen LogP contribution in [0.5, 0.6) is 5.75 Å². The molecule has 0 aliphatic rings. The third kappa shape index (κ3) is 10.6. The van der Waals surface area contributed by atoms with Crippen molar-refractivity contribution < 1.29 is 33.4 Å². The summed E-state index contributed by atoms with van der Waals surface area (Å²) in [5.74, 6) is 3.65. The lowest BCUT2D eigenvalue weighted by atomic mass is 10.0. The molecule has 0 aliphatic heterocycles. The Labute approximate surface area is 260 Å². The number of hydrogen-bond donors (Lipinski definition) is 4. The number of rotatable bonds is 7. The van der Waals surface area contributed by atoms with Gasteiger partial charge in [-0.05, 0) is 50.1 Å². The number of nitrogens with two attached hydrogens (primary N) is 1. The fourth-order valence-corrected chi connectivity index (χ4v) is 4.12. The zero-order valence-corrected chi connectivity index (χ0v) is 25.4. The van der Waals surface area contributed by atoms with Crippen LogP contribution in [-0.2, 0) is 32.0 Å². The minimum absolute atomic E-state index is 0.00577. The highest BCUT2D eigenvalue weighted by Gasteiger charge is 2.37. The summed E-state index contributed by atoms with van der Waals surface area (Å²) in [5, 5.41) is 3.28. The molecule has 236 valence electrons. The lowest BCUT2D eigenvalue weighted by Crippen LogP contribution is -2.57. The van der Waals surface area contributed by atoms with Gasteiger partial charge in [0, 0.05) is 36.6 Å². The molecular formula is C32H36N6O7. The number of H-pyrrole nitrogens is 1. The van der Waals surface area contributed by atoms with Crippen LogP contribution in [0.25, 0.3) is 10.9 Å². The Morgan fingerprint density at radius 1 is 0.978 bits per heavy atom. The van der Waals surface area contributed by atoms with E-state index in [-0.39, 0.29) is 18.8 Å². The van der Waals surface area contributed by atoms with Crippen LogP contribution in [0.2, 0.25) is 0 Å². The largest absolute Gasteiger partial charge is 0.443 e. The summed E-state index contributed by atoms with van der Waals surface area (Å²) in [6, 6.07) is 17.4. The highest BCUT2D eigenvalue weighted by molar-refractivity contribution is 6.11. The maximum Gasteiger partial charge on any atom is 0.424 e. The molecule has 0 spiro atoms. The van der Waals surface area contributed by atoms with Gasteiger partial charge in [-0.3, -0.25) is 24.8 Å². The van der Waals surface area contributed by atoms with Gasteiger partial charge in [-0.15, -0.1) is 0 Å². The number of urea groups is 1. The molecule has 0 bridgehead atoms. The number of amides is 5. The molecule has 4 aromatic rings. The summed E-state index contributed by atoms with van der Waals surface area (Å²) in [4.78, 5) is 69.6. The molecule has 0 saturated heterocycles. The van der Waals surface area contributed by atoms with Crippen LogP contribution in [-0.4, -0.2) is 56.4 Å². The summed E-state index contributed by atoms with van der Waals surface area (Å²) < 4.78 is 10.1. The van der Waals surface area contributed by atoms with Crippen molar-refractivity contribution in [2.24, 2.45) is 5.84 Å². The second kappa shape index (κ2) is 15.8. The molecule has 13 nitrogen and oxygen atoms in total. The maximum atomic E-state index is 13.6. The van der Waals surface area contributed by atoms with Crippen molar-refractivity contribution in [2.45, 2.75) is 52.2 Å². The third-order valence-electron chi connectivity index (χ3n) is 5.97. The molecule has 0 radical (unpaired) electrons. The van der Waals surface area contributed by atoms with E-state index in [0.717, 1.165) is 10.9 Å². The van der Waals surface area contributed by atoms with Crippen molar-refractivity contribution in [3.63, 3.8) is 0 Å². The molecule has 0 aliphatic carbocycles. The topological polar surface area (TPSA) is 186 Å². The Morgan fingerprint density at radius 3 is 2.29 bits per heavy atom. The summed E-state index contributed by atoms with van der Waals surface area (Å²) in [6.07, 6.45) is 3.47. The summed E-state index contributed by atoms with van der Waals surface area (Å²) in [5.41, 5.74) is 3.10. The van der Waals surface area contributed by atoms with Crippen molar-refractivity contribution in [3.8, 4) is 5.75 Å². The highest BCUT2D eigenvalue weighted by Crippen LogP contribution is 2.21. The number of imide groups is 3. The number of esters is 1. The number of carbonyl (C=O) groups is 5. The van der Waals surface area contributed by atoms with Crippen LogP contribution in [0.15, 0.2) is 85.3 Å². The lowest BCUT2D eigenvalue weighted by molar-refractivity contribution is -0.144. The fraction of sp³-hybridized carbons (Fsp3) is 0.250. The zero-order valence-electron chi connectivity index (χ0n) is 25.4. The molecule has 13 heteroatoms. The molecule has 5 N–H and O–H groups in total.